The van der Waals surface area contributed by atoms with Gasteiger partial charge in [0.25, 0.3) is 11.8 Å². The van der Waals surface area contributed by atoms with E-state index in [1.165, 1.54) is 6.20 Å². The zero-order valence-corrected chi connectivity index (χ0v) is 22.9. The number of nitrogens with two attached hydrogens (primary N) is 1. The highest BCUT2D eigenvalue weighted by Gasteiger charge is 2.26. The molecule has 1 unspecified atom stereocenters. The Morgan fingerprint density at radius 3 is 2.56 bits per heavy atom. The molecule has 1 aromatic heterocycles. The summed E-state index contributed by atoms with van der Waals surface area (Å²) in [5.74, 6) is -0.501. The summed E-state index contributed by atoms with van der Waals surface area (Å²) in [5.41, 5.74) is 7.89. The average Bonchev–Trinajstić information content (AvgIpc) is 2.98. The van der Waals surface area contributed by atoms with Crippen LogP contribution in [0, 0.1) is 0 Å². The number of carbonyl (C=O) groups excluding carboxylic acids is 2. The van der Waals surface area contributed by atoms with Crippen molar-refractivity contribution in [1.82, 2.24) is 20.2 Å². The Labute approximate surface area is 241 Å². The van der Waals surface area contributed by atoms with E-state index in [1.54, 1.807) is 17.0 Å². The minimum Gasteiger partial charge on any atom is -0.465 e. The van der Waals surface area contributed by atoms with Crippen molar-refractivity contribution in [3.8, 4) is 11.1 Å². The van der Waals surface area contributed by atoms with Crippen LogP contribution in [0.4, 0.5) is 22.2 Å². The summed E-state index contributed by atoms with van der Waals surface area (Å²) < 4.78 is 5.40. The van der Waals surface area contributed by atoms with Gasteiger partial charge in [-0.1, -0.05) is 41.9 Å². The van der Waals surface area contributed by atoms with Crippen molar-refractivity contribution in [2.45, 2.75) is 18.9 Å². The number of halogens is 1. The van der Waals surface area contributed by atoms with E-state index in [2.05, 4.69) is 20.6 Å². The van der Waals surface area contributed by atoms with Gasteiger partial charge in [-0.2, -0.15) is 4.98 Å². The van der Waals surface area contributed by atoms with E-state index in [0.717, 1.165) is 12.0 Å². The number of morpholine rings is 1. The number of hydrogen-bond acceptors (Lipinski definition) is 8. The first-order valence-electron chi connectivity index (χ1n) is 13.2. The molecule has 2 fully saturated rings. The molecule has 3 heterocycles. The minimum atomic E-state index is -1.10. The molecule has 13 heteroatoms. The van der Waals surface area contributed by atoms with Crippen LogP contribution in [0.3, 0.4) is 0 Å². The number of carbonyl (C=O) groups is 3. The Hall–Kier alpha value is -4.42. The van der Waals surface area contributed by atoms with Gasteiger partial charge in [-0.05, 0) is 30.5 Å². The van der Waals surface area contributed by atoms with Gasteiger partial charge < -0.3 is 36.0 Å². The molecular formula is C28H30ClN7O5. The topological polar surface area (TPSA) is 163 Å². The number of benzene rings is 2. The molecule has 2 aromatic carbocycles. The van der Waals surface area contributed by atoms with Crippen molar-refractivity contribution in [2.24, 2.45) is 5.73 Å². The summed E-state index contributed by atoms with van der Waals surface area (Å²) in [5, 5.41) is 15.1. The van der Waals surface area contributed by atoms with E-state index in [0.29, 0.717) is 73.6 Å². The molecule has 0 aliphatic carbocycles. The number of nitrogens with zero attached hydrogens (tertiary/aromatic N) is 4. The van der Waals surface area contributed by atoms with E-state index < -0.39 is 12.0 Å². The lowest BCUT2D eigenvalue weighted by Gasteiger charge is -2.32. The molecule has 0 spiro atoms. The van der Waals surface area contributed by atoms with Crippen molar-refractivity contribution < 1.29 is 24.2 Å². The summed E-state index contributed by atoms with van der Waals surface area (Å²) in [6.45, 7) is 2.83. The third-order valence-corrected chi connectivity index (χ3v) is 7.44. The lowest BCUT2D eigenvalue weighted by Crippen LogP contribution is -2.48. The molecule has 41 heavy (non-hydrogen) atoms. The molecule has 1 atom stereocenters. The molecule has 3 amide bonds. The van der Waals surface area contributed by atoms with Crippen LogP contribution < -0.4 is 21.3 Å². The number of amides is 3. The number of rotatable bonds is 7. The normalized spacial score (nSPS) is 17.1. The quantitative estimate of drug-likeness (QED) is 0.329. The van der Waals surface area contributed by atoms with Crippen molar-refractivity contribution in [1.29, 1.82) is 0 Å². The minimum absolute atomic E-state index is 0.0354. The zero-order valence-electron chi connectivity index (χ0n) is 22.2. The highest BCUT2D eigenvalue weighted by Crippen LogP contribution is 2.37. The maximum Gasteiger partial charge on any atom is 0.404 e. The van der Waals surface area contributed by atoms with Crippen LogP contribution in [-0.4, -0.2) is 83.3 Å². The SMILES string of the molecule is NC(=O)c1cnc(N2CCCC(NC(=O)O)C2)nc1Nc1cc(C(=O)N2CCOCC2)cc(-c2ccccc2)c1Cl. The van der Waals surface area contributed by atoms with E-state index in [-0.39, 0.29) is 23.3 Å². The standard InChI is InChI=1S/C28H30ClN7O5/c29-23-20(17-5-2-1-3-6-17)13-18(26(38)35-9-11-41-12-10-35)14-22(23)33-25-21(24(30)37)15-31-27(34-25)36-8-4-7-19(16-36)32-28(39)40/h1-3,5-6,13-15,19,32H,4,7-12,16H2,(H2,30,37)(H,39,40)(H,31,33,34). The molecule has 12 nitrogen and oxygen atoms in total. The van der Waals surface area contributed by atoms with E-state index in [4.69, 9.17) is 27.2 Å². The molecule has 0 radical (unpaired) electrons. The zero-order chi connectivity index (χ0) is 28.9. The molecule has 5 N–H and O–H groups in total. The van der Waals surface area contributed by atoms with Gasteiger partial charge in [0.1, 0.15) is 11.4 Å². The summed E-state index contributed by atoms with van der Waals surface area (Å²) >= 11 is 6.90. The van der Waals surface area contributed by atoms with Crippen molar-refractivity contribution in [2.75, 3.05) is 49.6 Å². The fourth-order valence-electron chi connectivity index (χ4n) is 4.99. The second kappa shape index (κ2) is 12.4. The number of ether oxygens (including phenoxy) is 1. The Morgan fingerprint density at radius 1 is 1.10 bits per heavy atom. The van der Waals surface area contributed by atoms with Crippen molar-refractivity contribution in [3.63, 3.8) is 0 Å². The predicted molar refractivity (Wildman–Crippen MR) is 154 cm³/mol. The van der Waals surface area contributed by atoms with Crippen molar-refractivity contribution in [3.05, 3.63) is 64.8 Å². The van der Waals surface area contributed by atoms with Gasteiger partial charge >= 0.3 is 6.09 Å². The largest absolute Gasteiger partial charge is 0.465 e. The Balaban J connectivity index is 1.53. The van der Waals surface area contributed by atoms with E-state index in [9.17, 15) is 14.4 Å². The number of primary amides is 1. The molecule has 2 aliphatic rings. The molecular weight excluding hydrogens is 550 g/mol. The van der Waals surface area contributed by atoms with Crippen LogP contribution in [0.5, 0.6) is 0 Å². The number of aromatic nitrogens is 2. The highest BCUT2D eigenvalue weighted by molar-refractivity contribution is 6.36. The van der Waals surface area contributed by atoms with Gasteiger partial charge in [0, 0.05) is 49.5 Å². The number of piperidine rings is 1. The predicted octanol–water partition coefficient (Wildman–Crippen LogP) is 3.35. The molecule has 0 bridgehead atoms. The maximum absolute atomic E-state index is 13.5. The van der Waals surface area contributed by atoms with E-state index in [1.807, 2.05) is 35.2 Å². The van der Waals surface area contributed by atoms with E-state index >= 15 is 0 Å². The number of nitrogens with one attached hydrogen (secondary N) is 2. The number of carboxylic acid groups (broad SMARTS) is 1. The number of hydrogen-bond donors (Lipinski definition) is 4. The third kappa shape index (κ3) is 6.50. The summed E-state index contributed by atoms with van der Waals surface area (Å²) in [4.78, 5) is 49.5. The Kier molecular flexibility index (Phi) is 8.50. The lowest BCUT2D eigenvalue weighted by molar-refractivity contribution is 0.0303. The van der Waals surface area contributed by atoms with Crippen LogP contribution in [-0.2, 0) is 4.74 Å². The molecule has 2 aliphatic heterocycles. The molecule has 3 aromatic rings. The monoisotopic (exact) mass is 579 g/mol. The fourth-order valence-corrected chi connectivity index (χ4v) is 5.26. The van der Waals surface area contributed by atoms with Gasteiger partial charge in [-0.15, -0.1) is 0 Å². The second-order valence-corrected chi connectivity index (χ2v) is 10.2. The van der Waals surface area contributed by atoms with Crippen molar-refractivity contribution >= 4 is 47.0 Å². The second-order valence-electron chi connectivity index (χ2n) is 9.81. The van der Waals surface area contributed by atoms with Gasteiger partial charge in [0.15, 0.2) is 0 Å². The lowest BCUT2D eigenvalue weighted by atomic mass is 10.0. The molecule has 0 saturated carbocycles. The average molecular weight is 580 g/mol. The fraction of sp³-hybridized carbons (Fsp3) is 0.321. The number of anilines is 3. The summed E-state index contributed by atoms with van der Waals surface area (Å²) in [6.07, 6.45) is 1.65. The van der Waals surface area contributed by atoms with Gasteiger partial charge in [0.2, 0.25) is 5.95 Å². The first-order valence-corrected chi connectivity index (χ1v) is 13.6. The van der Waals surface area contributed by atoms with Crippen LogP contribution in [0.2, 0.25) is 5.02 Å². The first-order chi connectivity index (χ1) is 19.8. The van der Waals surface area contributed by atoms with Crippen LogP contribution >= 0.6 is 11.6 Å². The molecule has 2 saturated heterocycles. The van der Waals surface area contributed by atoms with Crippen LogP contribution in [0.1, 0.15) is 33.6 Å². The summed E-state index contributed by atoms with van der Waals surface area (Å²) in [6, 6.07) is 12.5. The van der Waals surface area contributed by atoms with Gasteiger partial charge in [0.05, 0.1) is 23.9 Å². The van der Waals surface area contributed by atoms with Gasteiger partial charge in [-0.25, -0.2) is 9.78 Å². The Morgan fingerprint density at radius 2 is 1.85 bits per heavy atom. The highest BCUT2D eigenvalue weighted by atomic mass is 35.5. The maximum atomic E-state index is 13.5. The van der Waals surface area contributed by atoms with Crippen LogP contribution in [0.25, 0.3) is 11.1 Å². The first kappa shape index (κ1) is 28.1. The third-order valence-electron chi connectivity index (χ3n) is 7.03. The molecule has 214 valence electrons. The van der Waals surface area contributed by atoms with Gasteiger partial charge in [-0.3, -0.25) is 9.59 Å². The smallest absolute Gasteiger partial charge is 0.404 e. The Bertz CT molecular complexity index is 1450. The molecule has 5 rings (SSSR count). The summed E-state index contributed by atoms with van der Waals surface area (Å²) in [7, 11) is 0. The van der Waals surface area contributed by atoms with Crippen LogP contribution in [0.15, 0.2) is 48.7 Å².